The first-order valence-electron chi connectivity index (χ1n) is 7.90. The molecule has 0 saturated carbocycles. The third kappa shape index (κ3) is 5.59. The molecule has 6 heteroatoms. The van der Waals surface area contributed by atoms with E-state index >= 15 is 0 Å². The number of benzene rings is 1. The first-order chi connectivity index (χ1) is 10.6. The van der Waals surface area contributed by atoms with Gasteiger partial charge in [0.15, 0.2) is 11.5 Å². The first-order valence-corrected chi connectivity index (χ1v) is 7.90. The highest BCUT2D eigenvalue weighted by atomic mass is 35.5. The van der Waals surface area contributed by atoms with Gasteiger partial charge >= 0.3 is 5.97 Å². The maximum atomic E-state index is 12.2. The van der Waals surface area contributed by atoms with E-state index in [0.717, 1.165) is 6.54 Å². The van der Waals surface area contributed by atoms with Crippen LogP contribution in [0.3, 0.4) is 0 Å². The van der Waals surface area contributed by atoms with Gasteiger partial charge in [-0.05, 0) is 44.4 Å². The zero-order valence-corrected chi connectivity index (χ0v) is 14.8. The fraction of sp³-hybridized carbons (Fsp3) is 0.588. The Kier molecular flexibility index (Phi) is 8.20. The Morgan fingerprint density at radius 3 is 2.39 bits per heavy atom. The van der Waals surface area contributed by atoms with Crippen LogP contribution in [0.25, 0.3) is 0 Å². The maximum absolute atomic E-state index is 12.2. The zero-order chi connectivity index (χ0) is 15.9. The van der Waals surface area contributed by atoms with Gasteiger partial charge in [-0.25, -0.2) is 4.79 Å². The van der Waals surface area contributed by atoms with Gasteiger partial charge < -0.3 is 31.5 Å². The number of likely N-dealkylation sites (tertiary alicyclic amines) is 1. The fourth-order valence-corrected chi connectivity index (χ4v) is 2.92. The molecule has 0 spiro atoms. The topological polar surface area (TPSA) is 49.2 Å². The normalized spacial score (nSPS) is 16.1. The van der Waals surface area contributed by atoms with Gasteiger partial charge in [0.2, 0.25) is 0 Å². The Balaban J connectivity index is 0.00000264. The molecule has 1 aromatic carbocycles. The van der Waals surface area contributed by atoms with Crippen LogP contribution in [0, 0.1) is 0 Å². The fourth-order valence-electron chi connectivity index (χ4n) is 2.92. The number of ether oxygens (including phenoxy) is 3. The number of hydrogen-bond acceptors (Lipinski definition) is 4. The van der Waals surface area contributed by atoms with Crippen LogP contribution in [-0.2, 0) is 4.74 Å². The summed E-state index contributed by atoms with van der Waals surface area (Å²) in [7, 11) is 3.12. The van der Waals surface area contributed by atoms with Crippen molar-refractivity contribution in [1.82, 2.24) is 0 Å². The van der Waals surface area contributed by atoms with Crippen molar-refractivity contribution in [3.8, 4) is 11.5 Å². The Morgan fingerprint density at radius 2 is 1.78 bits per heavy atom. The molecule has 1 N–H and O–H groups in total. The third-order valence-corrected chi connectivity index (χ3v) is 4.06. The lowest BCUT2D eigenvalue weighted by atomic mass is 10.1. The molecule has 1 aromatic rings. The molecule has 1 unspecified atom stereocenters. The number of nitrogens with one attached hydrogen (secondary N) is 1. The molecule has 130 valence electrons. The van der Waals surface area contributed by atoms with Crippen molar-refractivity contribution in [2.24, 2.45) is 0 Å². The van der Waals surface area contributed by atoms with Gasteiger partial charge in [-0.3, -0.25) is 0 Å². The van der Waals surface area contributed by atoms with E-state index < -0.39 is 0 Å². The van der Waals surface area contributed by atoms with Gasteiger partial charge in [-0.2, -0.15) is 0 Å². The molecule has 2 rings (SSSR count). The predicted molar refractivity (Wildman–Crippen MR) is 83.8 cm³/mol. The van der Waals surface area contributed by atoms with Crippen molar-refractivity contribution in [3.05, 3.63) is 23.8 Å². The Bertz CT molecular complexity index is 503. The molecular weight excluding hydrogens is 318 g/mol. The van der Waals surface area contributed by atoms with E-state index in [1.54, 1.807) is 32.4 Å². The van der Waals surface area contributed by atoms with Crippen LogP contribution in [-0.4, -0.2) is 45.9 Å². The molecule has 1 atom stereocenters. The third-order valence-electron chi connectivity index (χ3n) is 4.06. The summed E-state index contributed by atoms with van der Waals surface area (Å²) in [5.74, 6) is 0.820. The smallest absolute Gasteiger partial charge is 0.338 e. The number of carbonyl (C=O) groups is 1. The number of carbonyl (C=O) groups excluding carboxylic acids is 1. The minimum absolute atomic E-state index is 0. The van der Waals surface area contributed by atoms with E-state index in [1.807, 2.05) is 6.92 Å². The molecule has 5 nitrogen and oxygen atoms in total. The predicted octanol–water partition coefficient (Wildman–Crippen LogP) is -1.68. The zero-order valence-electron chi connectivity index (χ0n) is 14.1. The Hall–Kier alpha value is -1.46. The summed E-state index contributed by atoms with van der Waals surface area (Å²) in [5, 5.41) is 0. The minimum atomic E-state index is -0.315. The van der Waals surface area contributed by atoms with Gasteiger partial charge in [0.05, 0.1) is 32.9 Å². The van der Waals surface area contributed by atoms with Crippen molar-refractivity contribution >= 4 is 5.97 Å². The van der Waals surface area contributed by atoms with E-state index in [2.05, 4.69) is 0 Å². The summed E-state index contributed by atoms with van der Waals surface area (Å²) in [4.78, 5) is 13.8. The molecule has 1 heterocycles. The lowest BCUT2D eigenvalue weighted by Crippen LogP contribution is -3.13. The van der Waals surface area contributed by atoms with E-state index in [-0.39, 0.29) is 24.5 Å². The highest BCUT2D eigenvalue weighted by Gasteiger charge is 2.20. The maximum Gasteiger partial charge on any atom is 0.338 e. The van der Waals surface area contributed by atoms with E-state index in [4.69, 9.17) is 14.2 Å². The highest BCUT2D eigenvalue weighted by Crippen LogP contribution is 2.27. The molecule has 1 saturated heterocycles. The summed E-state index contributed by atoms with van der Waals surface area (Å²) in [6.07, 6.45) is 3.77. The number of hydrogen-bond donors (Lipinski definition) is 1. The molecule has 1 fully saturated rings. The lowest BCUT2D eigenvalue weighted by molar-refractivity contribution is -0.907. The molecule has 1 aliphatic rings. The van der Waals surface area contributed by atoms with E-state index in [1.165, 1.54) is 37.3 Å². The van der Waals surface area contributed by atoms with E-state index in [0.29, 0.717) is 17.1 Å². The van der Waals surface area contributed by atoms with Crippen molar-refractivity contribution < 1.29 is 36.3 Å². The summed E-state index contributed by atoms with van der Waals surface area (Å²) in [6, 6.07) is 5.07. The molecule has 0 aliphatic carbocycles. The van der Waals surface area contributed by atoms with Crippen LogP contribution >= 0.6 is 0 Å². The van der Waals surface area contributed by atoms with Crippen molar-refractivity contribution in [3.63, 3.8) is 0 Å². The van der Waals surface area contributed by atoms with Crippen LogP contribution in [0.1, 0.15) is 36.5 Å². The summed E-state index contributed by atoms with van der Waals surface area (Å²) >= 11 is 0. The number of esters is 1. The summed E-state index contributed by atoms with van der Waals surface area (Å²) < 4.78 is 15.9. The largest absolute Gasteiger partial charge is 1.00 e. The summed E-state index contributed by atoms with van der Waals surface area (Å²) in [6.45, 7) is 5.19. The summed E-state index contributed by atoms with van der Waals surface area (Å²) in [5.41, 5.74) is 0.484. The van der Waals surface area contributed by atoms with E-state index in [9.17, 15) is 4.79 Å². The number of piperidine rings is 1. The minimum Gasteiger partial charge on any atom is -1.00 e. The number of methoxy groups -OCH3 is 2. The molecule has 1 aliphatic heterocycles. The van der Waals surface area contributed by atoms with Crippen LogP contribution < -0.4 is 26.8 Å². The molecular formula is C17H26ClNO4. The second-order valence-electron chi connectivity index (χ2n) is 5.80. The second-order valence-corrected chi connectivity index (χ2v) is 5.80. The highest BCUT2D eigenvalue weighted by molar-refractivity contribution is 5.90. The van der Waals surface area contributed by atoms with Crippen molar-refractivity contribution in [1.29, 1.82) is 0 Å². The van der Waals surface area contributed by atoms with Gasteiger partial charge in [0.25, 0.3) is 0 Å². The van der Waals surface area contributed by atoms with Gasteiger partial charge in [-0.15, -0.1) is 0 Å². The standard InChI is InChI=1S/C17H25NO4.ClH/c1-13(12-18-9-5-4-6-10-18)22-17(19)14-7-8-15(20-2)16(11-14)21-3;/h7-8,11,13H,4-6,9-10,12H2,1-3H3;1H. The number of rotatable bonds is 6. The number of quaternary nitrogens is 1. The van der Waals surface area contributed by atoms with Gasteiger partial charge in [-0.1, -0.05) is 0 Å². The molecule has 0 bridgehead atoms. The van der Waals surface area contributed by atoms with Gasteiger partial charge in [0, 0.05) is 0 Å². The first kappa shape index (κ1) is 19.6. The molecule has 0 radical (unpaired) electrons. The second kappa shape index (κ2) is 9.63. The SMILES string of the molecule is COc1ccc(C(=O)OC(C)C[NH+]2CCCCC2)cc1OC.[Cl-]. The monoisotopic (exact) mass is 343 g/mol. The van der Waals surface area contributed by atoms with Gasteiger partial charge in [0.1, 0.15) is 12.6 Å². The quantitative estimate of drug-likeness (QED) is 0.627. The average Bonchev–Trinajstić information content (AvgIpc) is 2.54. The Morgan fingerprint density at radius 1 is 1.13 bits per heavy atom. The average molecular weight is 344 g/mol. The van der Waals surface area contributed by atoms with Crippen molar-refractivity contribution in [2.75, 3.05) is 33.9 Å². The Labute approximate surface area is 144 Å². The molecule has 0 aromatic heterocycles. The van der Waals surface area contributed by atoms with Crippen LogP contribution in [0.2, 0.25) is 0 Å². The molecule has 0 amide bonds. The molecule has 23 heavy (non-hydrogen) atoms. The number of halogens is 1. The lowest BCUT2D eigenvalue weighted by Gasteiger charge is -2.26. The van der Waals surface area contributed by atoms with Crippen LogP contribution in [0.5, 0.6) is 11.5 Å². The van der Waals surface area contributed by atoms with Crippen LogP contribution in [0.4, 0.5) is 0 Å². The van der Waals surface area contributed by atoms with Crippen molar-refractivity contribution in [2.45, 2.75) is 32.3 Å². The van der Waals surface area contributed by atoms with Crippen LogP contribution in [0.15, 0.2) is 18.2 Å².